The van der Waals surface area contributed by atoms with E-state index in [9.17, 15) is 4.79 Å². The molecule has 0 unspecified atom stereocenters. The molecule has 142 valence electrons. The molecule has 28 heavy (non-hydrogen) atoms. The van der Waals surface area contributed by atoms with E-state index in [-0.39, 0.29) is 5.91 Å². The summed E-state index contributed by atoms with van der Waals surface area (Å²) >= 11 is 3.10. The number of furan rings is 1. The largest absolute Gasteiger partial charge is 0.467 e. The van der Waals surface area contributed by atoms with Crippen LogP contribution in [0.3, 0.4) is 0 Å². The van der Waals surface area contributed by atoms with Crippen molar-refractivity contribution in [3.05, 3.63) is 88.1 Å². The minimum atomic E-state index is -0.168. The zero-order valence-electron chi connectivity index (χ0n) is 15.0. The van der Waals surface area contributed by atoms with Crippen LogP contribution in [0.25, 0.3) is 9.88 Å². The highest BCUT2D eigenvalue weighted by molar-refractivity contribution is 7.20. The maximum atomic E-state index is 12.4. The molecule has 3 aromatic heterocycles. The van der Waals surface area contributed by atoms with Crippen LogP contribution in [-0.2, 0) is 24.5 Å². The Morgan fingerprint density at radius 2 is 2.00 bits per heavy atom. The van der Waals surface area contributed by atoms with Crippen LogP contribution in [0.15, 0.2) is 70.0 Å². The first kappa shape index (κ1) is 18.6. The van der Waals surface area contributed by atoms with E-state index in [0.29, 0.717) is 25.5 Å². The van der Waals surface area contributed by atoms with Crippen LogP contribution in [0.4, 0.5) is 0 Å². The third-order valence-electron chi connectivity index (χ3n) is 4.01. The third kappa shape index (κ3) is 4.75. The monoisotopic (exact) mass is 410 g/mol. The van der Waals surface area contributed by atoms with Gasteiger partial charge in [-0.05, 0) is 34.7 Å². The number of nitrogens with one attached hydrogen (secondary N) is 1. The molecule has 4 rings (SSSR count). The number of benzene rings is 1. The van der Waals surface area contributed by atoms with Crippen molar-refractivity contribution in [1.82, 2.24) is 10.3 Å². The van der Waals surface area contributed by atoms with E-state index in [0.717, 1.165) is 26.8 Å². The standard InChI is InChI=1S/C21H18N2O3S2/c24-20(18-14-28-21(23-18)19-7-3-9-27-19)22-11-15-4-1-5-16(10-15)12-25-13-17-6-2-8-26-17/h1-10,14H,11-13H2,(H,22,24). The average Bonchev–Trinajstić information content (AvgIpc) is 3.48. The van der Waals surface area contributed by atoms with Crippen molar-refractivity contribution in [3.63, 3.8) is 0 Å². The van der Waals surface area contributed by atoms with Crippen LogP contribution < -0.4 is 5.32 Å². The summed E-state index contributed by atoms with van der Waals surface area (Å²) in [6, 6.07) is 15.7. The van der Waals surface area contributed by atoms with Gasteiger partial charge in [0, 0.05) is 11.9 Å². The molecule has 5 nitrogen and oxygen atoms in total. The van der Waals surface area contributed by atoms with E-state index in [2.05, 4.69) is 10.3 Å². The molecule has 3 heterocycles. The van der Waals surface area contributed by atoms with E-state index in [1.165, 1.54) is 11.3 Å². The van der Waals surface area contributed by atoms with Crippen LogP contribution in [0.5, 0.6) is 0 Å². The highest BCUT2D eigenvalue weighted by atomic mass is 32.1. The molecular weight excluding hydrogens is 392 g/mol. The predicted octanol–water partition coefficient (Wildman–Crippen LogP) is 5.11. The van der Waals surface area contributed by atoms with Gasteiger partial charge in [-0.15, -0.1) is 22.7 Å². The molecule has 0 spiro atoms. The van der Waals surface area contributed by atoms with Crippen molar-refractivity contribution >= 4 is 28.6 Å². The Hall–Kier alpha value is -2.74. The summed E-state index contributed by atoms with van der Waals surface area (Å²) in [5.74, 6) is 0.632. The predicted molar refractivity (Wildman–Crippen MR) is 110 cm³/mol. The molecule has 4 aromatic rings. The lowest BCUT2D eigenvalue weighted by Gasteiger charge is -2.07. The SMILES string of the molecule is O=C(NCc1cccc(COCc2ccco2)c1)c1csc(-c2cccs2)n1. The van der Waals surface area contributed by atoms with Crippen molar-refractivity contribution < 1.29 is 13.9 Å². The number of aromatic nitrogens is 1. The molecule has 1 amide bonds. The van der Waals surface area contributed by atoms with Crippen LogP contribution >= 0.6 is 22.7 Å². The van der Waals surface area contributed by atoms with Gasteiger partial charge in [-0.2, -0.15) is 0 Å². The first-order valence-electron chi connectivity index (χ1n) is 8.73. The van der Waals surface area contributed by atoms with Gasteiger partial charge in [-0.1, -0.05) is 30.3 Å². The minimum Gasteiger partial charge on any atom is -0.467 e. The number of carbonyl (C=O) groups is 1. The number of ether oxygens (including phenoxy) is 1. The van der Waals surface area contributed by atoms with Gasteiger partial charge in [0.1, 0.15) is 23.1 Å². The number of nitrogens with zero attached hydrogens (tertiary/aromatic N) is 1. The molecule has 0 aliphatic heterocycles. The van der Waals surface area contributed by atoms with Gasteiger partial charge in [-0.3, -0.25) is 4.79 Å². The second-order valence-corrected chi connectivity index (χ2v) is 7.90. The highest BCUT2D eigenvalue weighted by Gasteiger charge is 2.12. The lowest BCUT2D eigenvalue weighted by Crippen LogP contribution is -2.23. The van der Waals surface area contributed by atoms with E-state index in [1.807, 2.05) is 53.9 Å². The highest BCUT2D eigenvalue weighted by Crippen LogP contribution is 2.27. The van der Waals surface area contributed by atoms with Crippen LogP contribution in [0.2, 0.25) is 0 Å². The summed E-state index contributed by atoms with van der Waals surface area (Å²) in [6.45, 7) is 1.36. The summed E-state index contributed by atoms with van der Waals surface area (Å²) in [4.78, 5) is 17.9. The average molecular weight is 411 g/mol. The molecule has 0 bridgehead atoms. The van der Waals surface area contributed by atoms with Crippen LogP contribution in [-0.4, -0.2) is 10.9 Å². The number of hydrogen-bond acceptors (Lipinski definition) is 6. The molecule has 0 fully saturated rings. The maximum Gasteiger partial charge on any atom is 0.271 e. The fourth-order valence-corrected chi connectivity index (χ4v) is 4.27. The number of hydrogen-bond donors (Lipinski definition) is 1. The Labute approximate surface area is 170 Å². The van der Waals surface area contributed by atoms with Gasteiger partial charge in [0.15, 0.2) is 0 Å². The number of rotatable bonds is 8. The van der Waals surface area contributed by atoms with Crippen molar-refractivity contribution in [2.45, 2.75) is 19.8 Å². The molecule has 1 aromatic carbocycles. The first-order chi connectivity index (χ1) is 13.8. The van der Waals surface area contributed by atoms with E-state index < -0.39 is 0 Å². The number of amides is 1. The van der Waals surface area contributed by atoms with Crippen LogP contribution in [0.1, 0.15) is 27.4 Å². The zero-order chi connectivity index (χ0) is 19.2. The summed E-state index contributed by atoms with van der Waals surface area (Å²) < 4.78 is 10.9. The second-order valence-electron chi connectivity index (χ2n) is 6.09. The molecule has 0 aliphatic carbocycles. The van der Waals surface area contributed by atoms with Gasteiger partial charge in [-0.25, -0.2) is 4.98 Å². The molecular formula is C21H18N2O3S2. The Bertz CT molecular complexity index is 1020. The summed E-state index contributed by atoms with van der Waals surface area (Å²) in [5.41, 5.74) is 2.51. The topological polar surface area (TPSA) is 64.4 Å². The summed E-state index contributed by atoms with van der Waals surface area (Å²) in [6.07, 6.45) is 1.63. The minimum absolute atomic E-state index is 0.168. The lowest BCUT2D eigenvalue weighted by atomic mass is 10.1. The Morgan fingerprint density at radius 1 is 1.07 bits per heavy atom. The van der Waals surface area contributed by atoms with Gasteiger partial charge in [0.05, 0.1) is 17.7 Å². The molecule has 0 radical (unpaired) electrons. The quantitative estimate of drug-likeness (QED) is 0.438. The fraction of sp³-hybridized carbons (Fsp3) is 0.143. The molecule has 1 N–H and O–H groups in total. The second kappa shape index (κ2) is 8.97. The summed E-state index contributed by atoms with van der Waals surface area (Å²) in [7, 11) is 0. The van der Waals surface area contributed by atoms with Gasteiger partial charge in [0.2, 0.25) is 0 Å². The molecule has 7 heteroatoms. The normalized spacial score (nSPS) is 10.9. The van der Waals surface area contributed by atoms with E-state index in [1.54, 1.807) is 23.0 Å². The van der Waals surface area contributed by atoms with Gasteiger partial charge < -0.3 is 14.5 Å². The summed E-state index contributed by atoms with van der Waals surface area (Å²) in [5, 5.41) is 7.60. The van der Waals surface area contributed by atoms with Gasteiger partial charge in [0.25, 0.3) is 5.91 Å². The number of thiophene rings is 1. The Kier molecular flexibility index (Phi) is 5.96. The van der Waals surface area contributed by atoms with E-state index in [4.69, 9.17) is 9.15 Å². The Balaban J connectivity index is 1.30. The third-order valence-corrected chi connectivity index (χ3v) is 5.89. The van der Waals surface area contributed by atoms with Crippen molar-refractivity contribution in [3.8, 4) is 9.88 Å². The van der Waals surface area contributed by atoms with Gasteiger partial charge >= 0.3 is 0 Å². The number of carbonyl (C=O) groups excluding carboxylic acids is 1. The zero-order valence-corrected chi connectivity index (χ0v) is 16.6. The maximum absolute atomic E-state index is 12.4. The molecule has 0 saturated carbocycles. The lowest BCUT2D eigenvalue weighted by molar-refractivity contribution is 0.0928. The molecule has 0 aliphatic rings. The molecule has 0 atom stereocenters. The van der Waals surface area contributed by atoms with Crippen molar-refractivity contribution in [2.75, 3.05) is 0 Å². The van der Waals surface area contributed by atoms with E-state index >= 15 is 0 Å². The smallest absolute Gasteiger partial charge is 0.271 e. The fourth-order valence-electron chi connectivity index (χ4n) is 2.66. The van der Waals surface area contributed by atoms with Crippen LogP contribution in [0, 0.1) is 0 Å². The number of thiazole rings is 1. The molecule has 0 saturated heterocycles. The first-order valence-corrected chi connectivity index (χ1v) is 10.5. The Morgan fingerprint density at radius 3 is 2.82 bits per heavy atom. The van der Waals surface area contributed by atoms with Crippen molar-refractivity contribution in [1.29, 1.82) is 0 Å². The van der Waals surface area contributed by atoms with Crippen molar-refractivity contribution in [2.24, 2.45) is 0 Å².